The van der Waals surface area contributed by atoms with Gasteiger partial charge in [0.2, 0.25) is 0 Å². The molecule has 8 heteroatoms. The van der Waals surface area contributed by atoms with Gasteiger partial charge in [-0.15, -0.1) is 10.2 Å². The molecule has 1 heterocycles. The first-order chi connectivity index (χ1) is 15.5. The number of ether oxygens (including phenoxy) is 3. The first kappa shape index (κ1) is 23.7. The van der Waals surface area contributed by atoms with E-state index in [4.69, 9.17) is 14.2 Å². The van der Waals surface area contributed by atoms with Gasteiger partial charge in [-0.2, -0.15) is 0 Å². The highest BCUT2D eigenvalue weighted by Gasteiger charge is 2.25. The lowest BCUT2D eigenvalue weighted by Crippen LogP contribution is -2.20. The summed E-state index contributed by atoms with van der Waals surface area (Å²) in [5.74, 6) is 1.66. The molecule has 0 bridgehead atoms. The van der Waals surface area contributed by atoms with E-state index in [1.807, 2.05) is 67.8 Å². The van der Waals surface area contributed by atoms with Crippen LogP contribution in [0.5, 0.6) is 11.5 Å². The normalized spacial score (nSPS) is 11.8. The van der Waals surface area contributed by atoms with Gasteiger partial charge in [-0.25, -0.2) is 0 Å². The minimum absolute atomic E-state index is 0.231. The number of aromatic nitrogens is 3. The van der Waals surface area contributed by atoms with Gasteiger partial charge in [0.1, 0.15) is 5.25 Å². The highest BCUT2D eigenvalue weighted by Crippen LogP contribution is 2.35. The second-order valence-corrected chi connectivity index (χ2v) is 8.36. The molecule has 0 aliphatic rings. The van der Waals surface area contributed by atoms with Gasteiger partial charge in [-0.3, -0.25) is 9.36 Å². The molecule has 0 amide bonds. The molecule has 0 saturated heterocycles. The Balaban J connectivity index is 2.10. The molecule has 0 unspecified atom stereocenters. The highest BCUT2D eigenvalue weighted by atomic mass is 32.2. The Morgan fingerprint density at radius 1 is 1.03 bits per heavy atom. The highest BCUT2D eigenvalue weighted by molar-refractivity contribution is 8.00. The zero-order valence-corrected chi connectivity index (χ0v) is 19.9. The van der Waals surface area contributed by atoms with Gasteiger partial charge in [-0.05, 0) is 50.6 Å². The summed E-state index contributed by atoms with van der Waals surface area (Å²) in [6.45, 7) is 6.25. The number of esters is 1. The Kier molecular flexibility index (Phi) is 8.16. The van der Waals surface area contributed by atoms with E-state index in [1.54, 1.807) is 14.2 Å². The van der Waals surface area contributed by atoms with Gasteiger partial charge < -0.3 is 14.2 Å². The van der Waals surface area contributed by atoms with Crippen LogP contribution < -0.4 is 9.47 Å². The second kappa shape index (κ2) is 11.0. The van der Waals surface area contributed by atoms with Gasteiger partial charge in [0.15, 0.2) is 22.5 Å². The predicted molar refractivity (Wildman–Crippen MR) is 126 cm³/mol. The van der Waals surface area contributed by atoms with Crippen LogP contribution in [0.3, 0.4) is 0 Å². The molecular weight excluding hydrogens is 426 g/mol. The van der Waals surface area contributed by atoms with Crippen LogP contribution in [0.2, 0.25) is 0 Å². The van der Waals surface area contributed by atoms with Crippen molar-refractivity contribution in [2.24, 2.45) is 0 Å². The summed E-state index contributed by atoms with van der Waals surface area (Å²) in [5, 5.41) is 9.20. The fraction of sp³-hybridized carbons (Fsp3) is 0.375. The maximum Gasteiger partial charge on any atom is 0.319 e. The molecule has 32 heavy (non-hydrogen) atoms. The minimum Gasteiger partial charge on any atom is -0.493 e. The zero-order chi connectivity index (χ0) is 23.1. The number of aryl methyl sites for hydroxylation is 1. The molecule has 1 aromatic heterocycles. The van der Waals surface area contributed by atoms with Gasteiger partial charge in [0.05, 0.1) is 20.8 Å². The maximum atomic E-state index is 12.5. The lowest BCUT2D eigenvalue weighted by atomic mass is 10.1. The number of nitrogens with zero attached hydrogens (tertiary/aromatic N) is 3. The third kappa shape index (κ3) is 5.24. The topological polar surface area (TPSA) is 75.5 Å². The third-order valence-corrected chi connectivity index (χ3v) is 6.10. The van der Waals surface area contributed by atoms with Crippen molar-refractivity contribution < 1.29 is 19.0 Å². The van der Waals surface area contributed by atoms with Crippen LogP contribution in [-0.2, 0) is 9.53 Å². The molecule has 0 radical (unpaired) electrons. The Labute approximate surface area is 193 Å². The number of carbonyl (C=O) groups is 1. The van der Waals surface area contributed by atoms with Crippen molar-refractivity contribution >= 4 is 17.7 Å². The SMILES string of the molecule is CCC[C@@H](Sc1nnc(-c2ccc(OC)c(OC)c2)n1-c1ccc(C)cc1)C(=O)OCC. The van der Waals surface area contributed by atoms with Crippen molar-refractivity contribution in [2.75, 3.05) is 20.8 Å². The number of carbonyl (C=O) groups excluding carboxylic acids is 1. The van der Waals surface area contributed by atoms with E-state index >= 15 is 0 Å². The second-order valence-electron chi connectivity index (χ2n) is 7.19. The summed E-state index contributed by atoms with van der Waals surface area (Å²) in [6.07, 6.45) is 1.55. The Morgan fingerprint density at radius 3 is 2.38 bits per heavy atom. The molecule has 0 fully saturated rings. The number of hydrogen-bond acceptors (Lipinski definition) is 7. The first-order valence-corrected chi connectivity index (χ1v) is 11.5. The summed E-state index contributed by atoms with van der Waals surface area (Å²) >= 11 is 1.38. The molecule has 7 nitrogen and oxygen atoms in total. The van der Waals surface area contributed by atoms with E-state index in [9.17, 15) is 4.79 Å². The fourth-order valence-corrected chi connectivity index (χ4v) is 4.44. The van der Waals surface area contributed by atoms with Crippen molar-refractivity contribution in [3.8, 4) is 28.6 Å². The van der Waals surface area contributed by atoms with E-state index in [0.717, 1.165) is 23.2 Å². The van der Waals surface area contributed by atoms with Crippen molar-refractivity contribution in [2.45, 2.75) is 44.0 Å². The van der Waals surface area contributed by atoms with Crippen LogP contribution in [0.1, 0.15) is 32.3 Å². The molecule has 0 aliphatic heterocycles. The van der Waals surface area contributed by atoms with Gasteiger partial charge in [-0.1, -0.05) is 42.8 Å². The third-order valence-electron chi connectivity index (χ3n) is 4.92. The van der Waals surface area contributed by atoms with Gasteiger partial charge in [0.25, 0.3) is 0 Å². The van der Waals surface area contributed by atoms with Crippen molar-refractivity contribution in [1.29, 1.82) is 0 Å². The van der Waals surface area contributed by atoms with Crippen LogP contribution in [0.4, 0.5) is 0 Å². The number of thioether (sulfide) groups is 1. The van der Waals surface area contributed by atoms with Gasteiger partial charge >= 0.3 is 5.97 Å². The van der Waals surface area contributed by atoms with Crippen molar-refractivity contribution in [3.63, 3.8) is 0 Å². The average Bonchev–Trinajstić information content (AvgIpc) is 3.22. The van der Waals surface area contributed by atoms with E-state index in [1.165, 1.54) is 11.8 Å². The van der Waals surface area contributed by atoms with Crippen LogP contribution >= 0.6 is 11.8 Å². The van der Waals surface area contributed by atoms with E-state index in [0.29, 0.717) is 35.5 Å². The molecular formula is C24H29N3O4S. The lowest BCUT2D eigenvalue weighted by molar-refractivity contribution is -0.142. The van der Waals surface area contributed by atoms with Crippen LogP contribution in [0, 0.1) is 6.92 Å². The summed E-state index contributed by atoms with van der Waals surface area (Å²) < 4.78 is 18.1. The minimum atomic E-state index is -0.355. The molecule has 0 saturated carbocycles. The van der Waals surface area contributed by atoms with Crippen molar-refractivity contribution in [1.82, 2.24) is 14.8 Å². The van der Waals surface area contributed by atoms with E-state index in [-0.39, 0.29) is 11.2 Å². The van der Waals surface area contributed by atoms with Gasteiger partial charge in [0, 0.05) is 11.3 Å². The zero-order valence-electron chi connectivity index (χ0n) is 19.1. The predicted octanol–water partition coefficient (Wildman–Crippen LogP) is 5.08. The summed E-state index contributed by atoms with van der Waals surface area (Å²) in [5.41, 5.74) is 2.89. The Bertz CT molecular complexity index is 1050. The number of methoxy groups -OCH3 is 2. The lowest BCUT2D eigenvalue weighted by Gasteiger charge is -2.16. The largest absolute Gasteiger partial charge is 0.493 e. The molecule has 3 aromatic rings. The van der Waals surface area contributed by atoms with Crippen molar-refractivity contribution in [3.05, 3.63) is 48.0 Å². The maximum absolute atomic E-state index is 12.5. The molecule has 2 aromatic carbocycles. The summed E-state index contributed by atoms with van der Waals surface area (Å²) in [6, 6.07) is 13.7. The molecule has 3 rings (SSSR count). The quantitative estimate of drug-likeness (QED) is 0.311. The van der Waals surface area contributed by atoms with E-state index < -0.39 is 0 Å². The fourth-order valence-electron chi connectivity index (χ4n) is 3.28. The summed E-state index contributed by atoms with van der Waals surface area (Å²) in [4.78, 5) is 12.5. The standard InChI is InChI=1S/C24H29N3O4S/c1-6-8-21(23(28)31-7-2)32-24-26-25-22(27(24)18-12-9-16(3)10-13-18)17-11-14-19(29-4)20(15-17)30-5/h9-15,21H,6-8H2,1-5H3/t21-/m1/s1. The molecule has 0 aliphatic carbocycles. The monoisotopic (exact) mass is 455 g/mol. The molecule has 170 valence electrons. The van der Waals surface area contributed by atoms with Crippen LogP contribution in [0.15, 0.2) is 47.6 Å². The molecule has 0 N–H and O–H groups in total. The average molecular weight is 456 g/mol. The van der Waals surface area contributed by atoms with E-state index in [2.05, 4.69) is 10.2 Å². The molecule has 0 spiro atoms. The number of benzene rings is 2. The Morgan fingerprint density at radius 2 is 1.75 bits per heavy atom. The number of rotatable bonds is 10. The first-order valence-electron chi connectivity index (χ1n) is 10.6. The van der Waals surface area contributed by atoms with Crippen LogP contribution in [0.25, 0.3) is 17.1 Å². The molecule has 1 atom stereocenters. The smallest absolute Gasteiger partial charge is 0.319 e. The summed E-state index contributed by atoms with van der Waals surface area (Å²) in [7, 11) is 3.20. The Hall–Kier alpha value is -3.00. The van der Waals surface area contributed by atoms with Crippen LogP contribution in [-0.4, -0.2) is 46.8 Å². The number of hydrogen-bond donors (Lipinski definition) is 0.